The van der Waals surface area contributed by atoms with Gasteiger partial charge in [-0.1, -0.05) is 0 Å². The molecule has 0 bridgehead atoms. The summed E-state index contributed by atoms with van der Waals surface area (Å²) in [5.41, 5.74) is 1.99. The molecule has 1 saturated heterocycles. The average molecular weight is 395 g/mol. The molecule has 2 aromatic heterocycles. The number of rotatable bonds is 6. The summed E-state index contributed by atoms with van der Waals surface area (Å²) in [5, 5.41) is 5.90. The van der Waals surface area contributed by atoms with Crippen LogP contribution in [0.5, 0.6) is 0 Å². The fourth-order valence-electron chi connectivity index (χ4n) is 2.96. The number of sulfonamides is 1. The van der Waals surface area contributed by atoms with E-state index in [2.05, 4.69) is 15.3 Å². The van der Waals surface area contributed by atoms with Crippen LogP contribution in [0.15, 0.2) is 29.9 Å². The van der Waals surface area contributed by atoms with Gasteiger partial charge in [-0.2, -0.15) is 0 Å². The monoisotopic (exact) mass is 394 g/mol. The van der Waals surface area contributed by atoms with Crippen LogP contribution >= 0.6 is 11.3 Å². The van der Waals surface area contributed by atoms with Crippen molar-refractivity contribution < 1.29 is 13.2 Å². The Morgan fingerprint density at radius 1 is 1.31 bits per heavy atom. The Bertz CT molecular complexity index is 844. The van der Waals surface area contributed by atoms with Crippen LogP contribution in [-0.2, 0) is 21.2 Å². The third-order valence-corrected chi connectivity index (χ3v) is 6.70. The summed E-state index contributed by atoms with van der Waals surface area (Å²) >= 11 is 1.58. The highest BCUT2D eigenvalue weighted by atomic mass is 32.2. The van der Waals surface area contributed by atoms with Crippen molar-refractivity contribution in [3.63, 3.8) is 0 Å². The Kier molecular flexibility index (Phi) is 6.00. The first-order valence-corrected chi connectivity index (χ1v) is 11.2. The van der Waals surface area contributed by atoms with Gasteiger partial charge >= 0.3 is 0 Å². The van der Waals surface area contributed by atoms with E-state index in [0.717, 1.165) is 16.3 Å². The van der Waals surface area contributed by atoms with Gasteiger partial charge in [0, 0.05) is 55.3 Å². The largest absolute Gasteiger partial charge is 0.355 e. The molecule has 0 unspecified atom stereocenters. The average Bonchev–Trinajstić information content (AvgIpc) is 3.11. The molecule has 0 aromatic carbocycles. The molecule has 0 atom stereocenters. The molecule has 1 aliphatic heterocycles. The van der Waals surface area contributed by atoms with Crippen LogP contribution in [0.4, 0.5) is 0 Å². The van der Waals surface area contributed by atoms with Crippen molar-refractivity contribution in [3.8, 4) is 10.6 Å². The van der Waals surface area contributed by atoms with E-state index >= 15 is 0 Å². The molecule has 1 aliphatic rings. The maximum Gasteiger partial charge on any atom is 0.223 e. The summed E-state index contributed by atoms with van der Waals surface area (Å²) in [6.45, 7) is 1.36. The lowest BCUT2D eigenvalue weighted by Crippen LogP contribution is -2.42. The van der Waals surface area contributed by atoms with Crippen LogP contribution < -0.4 is 5.32 Å². The number of hydrogen-bond acceptors (Lipinski definition) is 6. The molecule has 7 nitrogen and oxygen atoms in total. The number of nitrogens with zero attached hydrogens (tertiary/aromatic N) is 3. The Hall–Kier alpha value is -1.84. The molecule has 1 amide bonds. The third-order valence-electron chi connectivity index (χ3n) is 4.45. The molecular formula is C17H22N4O3S2. The van der Waals surface area contributed by atoms with Crippen LogP contribution in [0.2, 0.25) is 0 Å². The summed E-state index contributed by atoms with van der Waals surface area (Å²) in [6, 6.07) is 3.85. The lowest BCUT2D eigenvalue weighted by Gasteiger charge is -2.29. The second-order valence-electron chi connectivity index (χ2n) is 6.36. The van der Waals surface area contributed by atoms with Gasteiger partial charge in [0.1, 0.15) is 5.01 Å². The second-order valence-corrected chi connectivity index (χ2v) is 9.20. The van der Waals surface area contributed by atoms with Crippen molar-refractivity contribution in [2.24, 2.45) is 5.92 Å². The molecule has 1 N–H and O–H groups in total. The Labute approximate surface area is 157 Å². The molecule has 0 radical (unpaired) electrons. The van der Waals surface area contributed by atoms with Gasteiger partial charge in [-0.3, -0.25) is 9.78 Å². The molecule has 2 aromatic rings. The normalized spacial score (nSPS) is 16.5. The molecular weight excluding hydrogens is 372 g/mol. The summed E-state index contributed by atoms with van der Waals surface area (Å²) in [5.74, 6) is -0.112. The first-order valence-electron chi connectivity index (χ1n) is 8.51. The van der Waals surface area contributed by atoms with Crippen LogP contribution in [0.1, 0.15) is 18.5 Å². The number of amides is 1. The fraction of sp³-hybridized carbons (Fsp3) is 0.471. The zero-order chi connectivity index (χ0) is 18.6. The van der Waals surface area contributed by atoms with Gasteiger partial charge in [0.25, 0.3) is 0 Å². The third kappa shape index (κ3) is 4.87. The van der Waals surface area contributed by atoms with E-state index in [0.29, 0.717) is 38.9 Å². The molecule has 1 fully saturated rings. The highest BCUT2D eigenvalue weighted by Gasteiger charge is 2.28. The SMILES string of the molecule is CS(=O)(=O)N1CCC(C(=O)NCCc2csc(-c3ccncc3)n2)CC1. The number of piperidine rings is 1. The minimum absolute atomic E-state index is 0.00254. The maximum atomic E-state index is 12.3. The molecule has 0 aliphatic carbocycles. The summed E-state index contributed by atoms with van der Waals surface area (Å²) < 4.78 is 24.5. The fourth-order valence-corrected chi connectivity index (χ4v) is 4.69. The molecule has 9 heteroatoms. The predicted molar refractivity (Wildman–Crippen MR) is 101 cm³/mol. The van der Waals surface area contributed by atoms with Gasteiger partial charge in [0.2, 0.25) is 15.9 Å². The van der Waals surface area contributed by atoms with Crippen molar-refractivity contribution >= 4 is 27.3 Å². The van der Waals surface area contributed by atoms with Crippen LogP contribution in [0.3, 0.4) is 0 Å². The van der Waals surface area contributed by atoms with E-state index in [4.69, 9.17) is 0 Å². The number of aromatic nitrogens is 2. The topological polar surface area (TPSA) is 92.3 Å². The van der Waals surface area contributed by atoms with Gasteiger partial charge in [-0.25, -0.2) is 17.7 Å². The molecule has 140 valence electrons. The zero-order valence-corrected chi connectivity index (χ0v) is 16.2. The van der Waals surface area contributed by atoms with Crippen LogP contribution in [-0.4, -0.2) is 54.5 Å². The summed E-state index contributed by atoms with van der Waals surface area (Å²) in [6.07, 6.45) is 6.51. The predicted octanol–water partition coefficient (Wildman–Crippen LogP) is 1.54. The van der Waals surface area contributed by atoms with Crippen molar-refractivity contribution in [1.82, 2.24) is 19.6 Å². The second kappa shape index (κ2) is 8.24. The van der Waals surface area contributed by atoms with E-state index in [1.54, 1.807) is 23.7 Å². The standard InChI is InChI=1S/C17H22N4O3S2/c1-26(23,24)21-10-5-13(6-11-21)16(22)19-9-4-15-12-25-17(20-15)14-2-7-18-8-3-14/h2-3,7-8,12-13H,4-6,9-11H2,1H3,(H,19,22). The Balaban J connectivity index is 1.44. The van der Waals surface area contributed by atoms with E-state index in [9.17, 15) is 13.2 Å². The maximum absolute atomic E-state index is 12.3. The number of nitrogens with one attached hydrogen (secondary N) is 1. The molecule has 0 saturated carbocycles. The highest BCUT2D eigenvalue weighted by molar-refractivity contribution is 7.88. The molecule has 3 rings (SSSR count). The number of thiazole rings is 1. The van der Waals surface area contributed by atoms with Gasteiger partial charge in [0.15, 0.2) is 0 Å². The highest BCUT2D eigenvalue weighted by Crippen LogP contribution is 2.23. The quantitative estimate of drug-likeness (QED) is 0.802. The van der Waals surface area contributed by atoms with Crippen molar-refractivity contribution in [3.05, 3.63) is 35.6 Å². The number of pyridine rings is 1. The Morgan fingerprint density at radius 2 is 2.00 bits per heavy atom. The summed E-state index contributed by atoms with van der Waals surface area (Å²) in [7, 11) is -3.16. The van der Waals surface area contributed by atoms with E-state index in [-0.39, 0.29) is 11.8 Å². The van der Waals surface area contributed by atoms with Gasteiger partial charge < -0.3 is 5.32 Å². The van der Waals surface area contributed by atoms with E-state index < -0.39 is 10.0 Å². The lowest BCUT2D eigenvalue weighted by molar-refractivity contribution is -0.126. The molecule has 0 spiro atoms. The smallest absolute Gasteiger partial charge is 0.223 e. The van der Waals surface area contributed by atoms with Crippen molar-refractivity contribution in [2.45, 2.75) is 19.3 Å². The van der Waals surface area contributed by atoms with Gasteiger partial charge in [-0.05, 0) is 25.0 Å². The number of carbonyl (C=O) groups excluding carboxylic acids is 1. The molecule has 3 heterocycles. The first kappa shape index (κ1) is 18.9. The summed E-state index contributed by atoms with van der Waals surface area (Å²) in [4.78, 5) is 20.9. The zero-order valence-electron chi connectivity index (χ0n) is 14.6. The first-order chi connectivity index (χ1) is 12.4. The van der Waals surface area contributed by atoms with Crippen molar-refractivity contribution in [2.75, 3.05) is 25.9 Å². The Morgan fingerprint density at radius 3 is 2.65 bits per heavy atom. The van der Waals surface area contributed by atoms with Crippen LogP contribution in [0.25, 0.3) is 10.6 Å². The van der Waals surface area contributed by atoms with Crippen molar-refractivity contribution in [1.29, 1.82) is 0 Å². The van der Waals surface area contributed by atoms with E-state index in [1.807, 2.05) is 17.5 Å². The minimum Gasteiger partial charge on any atom is -0.355 e. The van der Waals surface area contributed by atoms with Gasteiger partial charge in [0.05, 0.1) is 11.9 Å². The van der Waals surface area contributed by atoms with Gasteiger partial charge in [-0.15, -0.1) is 11.3 Å². The number of carbonyl (C=O) groups is 1. The molecule has 26 heavy (non-hydrogen) atoms. The van der Waals surface area contributed by atoms with E-state index in [1.165, 1.54) is 10.6 Å². The lowest BCUT2D eigenvalue weighted by atomic mass is 9.97. The number of hydrogen-bond donors (Lipinski definition) is 1. The van der Waals surface area contributed by atoms with Crippen LogP contribution in [0, 0.1) is 5.92 Å². The minimum atomic E-state index is -3.16.